The quantitative estimate of drug-likeness (QED) is 0.282. The second-order valence-corrected chi connectivity index (χ2v) is 1.80. The molecule has 0 spiro atoms. The van der Waals surface area contributed by atoms with Gasteiger partial charge in [0.2, 0.25) is 0 Å². The van der Waals surface area contributed by atoms with Gasteiger partial charge in [0.1, 0.15) is 0 Å². The second-order valence-electron chi connectivity index (χ2n) is 0.600. The van der Waals surface area contributed by atoms with Crippen LogP contribution in [-0.2, 0) is 0 Å². The van der Waals surface area contributed by atoms with E-state index in [1.165, 1.54) is 0 Å². The van der Waals surface area contributed by atoms with Gasteiger partial charge in [0.25, 0.3) is 0 Å². The van der Waals surface area contributed by atoms with Crippen molar-refractivity contribution in [3.63, 3.8) is 0 Å². The molecule has 5 nitrogen and oxygen atoms in total. The molecule has 0 aromatic rings. The van der Waals surface area contributed by atoms with Gasteiger partial charge >= 0.3 is 184 Å². The van der Waals surface area contributed by atoms with Crippen molar-refractivity contribution in [2.24, 2.45) is 0 Å². The Hall–Kier alpha value is 6.24. The van der Waals surface area contributed by atoms with Gasteiger partial charge in [0.05, 0.1) is 0 Å². The predicted octanol–water partition coefficient (Wildman–Crippen LogP) is -7.75. The van der Waals surface area contributed by atoms with E-state index in [2.05, 4.69) is 0 Å². The molecular weight excluding hydrogens is 422 g/mol. The molecule has 0 aliphatic carbocycles. The summed E-state index contributed by atoms with van der Waals surface area (Å²) in [6.07, 6.45) is 0. The van der Waals surface area contributed by atoms with Crippen molar-refractivity contribution in [3.05, 3.63) is 0 Å². The van der Waals surface area contributed by atoms with Gasteiger partial charge in [-0.2, -0.15) is 0 Å². The maximum atomic E-state index is 7.33. The third-order valence-corrected chi connectivity index (χ3v) is 0. The third-order valence-electron chi connectivity index (χ3n) is 0. The van der Waals surface area contributed by atoms with Crippen molar-refractivity contribution >= 4 is 202 Å². The average molecular weight is 437 g/mol. The van der Waals surface area contributed by atoms with E-state index in [-0.39, 0.29) is 198 Å². The van der Waals surface area contributed by atoms with Crippen LogP contribution in [0.15, 0.2) is 0 Å². The van der Waals surface area contributed by atoms with Gasteiger partial charge in [-0.25, -0.2) is 0 Å². The van der Waals surface area contributed by atoms with E-state index in [0.717, 1.165) is 0 Å². The van der Waals surface area contributed by atoms with Crippen LogP contribution in [0.2, 0.25) is 0 Å². The normalized spacial score (nSPS) is 5.45. The number of rotatable bonds is 0. The molecule has 0 amide bonds. The first-order chi connectivity index (χ1) is 2.00. The van der Waals surface area contributed by atoms with Gasteiger partial charge in [0, 0.05) is 0 Å². The predicted molar refractivity (Wildman–Crippen MR) is 59.6 cm³/mol. The van der Waals surface area contributed by atoms with Crippen LogP contribution in [-0.4, -0.2) is 226 Å². The van der Waals surface area contributed by atoms with Crippen LogP contribution < -0.4 is 0 Å². The Bertz CT molecular complexity index is 42.0. The molecule has 0 fully saturated rings. The summed E-state index contributed by atoms with van der Waals surface area (Å²) in [6.45, 7) is 0. The Morgan fingerprint density at radius 1 is 0.909 bits per heavy atom. The van der Waals surface area contributed by atoms with E-state index < -0.39 is 9.05 Å². The summed E-state index contributed by atoms with van der Waals surface area (Å²) in [5, 5.41) is 0. The van der Waals surface area contributed by atoms with Crippen LogP contribution >= 0.6 is 0 Å². The topological polar surface area (TPSA) is 112 Å². The van der Waals surface area contributed by atoms with E-state index >= 15 is 0 Å². The van der Waals surface area contributed by atoms with Gasteiger partial charge in [-0.3, -0.25) is 0 Å². The average Bonchev–Trinajstić information content (AvgIpc) is 0.722. The molecule has 0 aliphatic rings. The van der Waals surface area contributed by atoms with Crippen molar-refractivity contribution in [1.29, 1.82) is 0 Å². The van der Waals surface area contributed by atoms with Gasteiger partial charge in [-0.05, 0) is 0 Å². The summed E-state index contributed by atoms with van der Waals surface area (Å²) in [6, 6.07) is 0. The van der Waals surface area contributed by atoms with Crippen molar-refractivity contribution in [3.8, 4) is 0 Å². The molecular formula is H15AlBaKNaO5SiSr. The summed E-state index contributed by atoms with van der Waals surface area (Å²) in [4.78, 5) is 29.3. The van der Waals surface area contributed by atoms with E-state index in [1.54, 1.807) is 0 Å². The van der Waals surface area contributed by atoms with E-state index in [0.29, 0.717) is 0 Å². The Balaban J connectivity index is -0.00000000533. The molecule has 0 unspecified atom stereocenters. The van der Waals surface area contributed by atoms with E-state index in [1.807, 2.05) is 0 Å². The monoisotopic (exact) mass is 438 g/mol. The third kappa shape index (κ3) is 84.6. The molecule has 0 radical (unpaired) electrons. The molecule has 0 saturated carbocycles. The Kier molecular flexibility index (Phi) is 99.2. The van der Waals surface area contributed by atoms with Crippen LogP contribution in [0.3, 0.4) is 0 Å². The molecule has 0 aromatic carbocycles. The Morgan fingerprint density at radius 3 is 0.909 bits per heavy atom. The van der Waals surface area contributed by atoms with Gasteiger partial charge in [-0.1, -0.05) is 0 Å². The molecule has 11 heteroatoms. The Morgan fingerprint density at radius 2 is 0.909 bits per heavy atom. The van der Waals surface area contributed by atoms with Gasteiger partial charge < -0.3 is 24.7 Å². The van der Waals surface area contributed by atoms with Crippen molar-refractivity contribution in [2.45, 2.75) is 0 Å². The molecule has 6 N–H and O–H groups in total. The Labute approximate surface area is 219 Å². The molecule has 0 heterocycles. The maximum absolute atomic E-state index is 7.33. The van der Waals surface area contributed by atoms with Crippen LogP contribution in [0, 0.1) is 0 Å². The second kappa shape index (κ2) is 25.2. The fourth-order valence-electron chi connectivity index (χ4n) is 0. The van der Waals surface area contributed by atoms with Gasteiger partial charge in [-0.15, -0.1) is 0 Å². The van der Waals surface area contributed by atoms with E-state index in [4.69, 9.17) is 19.2 Å². The first kappa shape index (κ1) is 43.4. The summed E-state index contributed by atoms with van der Waals surface area (Å²) < 4.78 is 0. The van der Waals surface area contributed by atoms with Crippen molar-refractivity contribution in [1.82, 2.24) is 0 Å². The van der Waals surface area contributed by atoms with Crippen LogP contribution in [0.5, 0.6) is 0 Å². The van der Waals surface area contributed by atoms with Crippen LogP contribution in [0.4, 0.5) is 0 Å². The molecule has 58 valence electrons. The molecule has 0 rings (SSSR count). The van der Waals surface area contributed by atoms with E-state index in [9.17, 15) is 0 Å². The first-order valence-electron chi connectivity index (χ1n) is 0.894. The minimum absolute atomic E-state index is 0. The van der Waals surface area contributed by atoms with Crippen LogP contribution in [0.1, 0.15) is 0 Å². The fourth-order valence-corrected chi connectivity index (χ4v) is 0. The number of hydrogen-bond acceptors (Lipinski definition) is 4. The summed E-state index contributed by atoms with van der Waals surface area (Å²) in [5.74, 6) is 0. The minimum atomic E-state index is -4.61. The number of hydrogen-bond donors (Lipinski definition) is 4. The first-order valence-corrected chi connectivity index (χ1v) is 2.68. The molecule has 0 saturated heterocycles. The summed E-state index contributed by atoms with van der Waals surface area (Å²) >= 11 is 0. The molecule has 0 atom stereocenters. The molecule has 0 aromatic heterocycles. The zero-order chi connectivity index (χ0) is 4.50. The summed E-state index contributed by atoms with van der Waals surface area (Å²) in [7, 11) is -4.61. The van der Waals surface area contributed by atoms with Crippen molar-refractivity contribution in [2.75, 3.05) is 0 Å². The standard InChI is InChI=1S/Al.Ba.K.Na.H4O4Si.H2O.Sr.9H/c;;;;1-5(2,3)4;;;;;;;;;;;/h;;;;1-4H;1H2;;;;;;;;;;. The fraction of sp³-hybridized carbons (Fsp3) is 0. The zero-order valence-corrected chi connectivity index (χ0v) is 3.79. The SMILES string of the molecule is O.O[Si](O)(O)O.[AlH3].[BaH2].[KH].[NaH].[SrH2]. The molecule has 11 heavy (non-hydrogen) atoms. The van der Waals surface area contributed by atoms with Crippen LogP contribution in [0.25, 0.3) is 0 Å². The zero-order valence-electron chi connectivity index (χ0n) is 2.79. The summed E-state index contributed by atoms with van der Waals surface area (Å²) in [5.41, 5.74) is 0. The molecule has 0 bridgehead atoms. The van der Waals surface area contributed by atoms with Crippen molar-refractivity contribution < 1.29 is 24.7 Å². The molecule has 0 aliphatic heterocycles. The van der Waals surface area contributed by atoms with Gasteiger partial charge in [0.15, 0.2) is 17.4 Å².